The third kappa shape index (κ3) is 7.65. The van der Waals surface area contributed by atoms with Crippen LogP contribution < -0.4 is 0 Å². The van der Waals surface area contributed by atoms with Crippen molar-refractivity contribution < 1.29 is 0 Å². The van der Waals surface area contributed by atoms with Crippen molar-refractivity contribution in [1.29, 1.82) is 0 Å². The van der Waals surface area contributed by atoms with Crippen LogP contribution in [-0.2, 0) is 0 Å². The Kier molecular flexibility index (Phi) is 11.0. The summed E-state index contributed by atoms with van der Waals surface area (Å²) in [4.78, 5) is 10.9. The number of aromatic nitrogens is 6. The third-order valence-electron chi connectivity index (χ3n) is 18.7. The summed E-state index contributed by atoms with van der Waals surface area (Å²) < 4.78 is 9.56. The highest BCUT2D eigenvalue weighted by molar-refractivity contribution is 6.16. The minimum Gasteiger partial charge on any atom is -0.309 e. The van der Waals surface area contributed by atoms with E-state index >= 15 is 0 Å². The van der Waals surface area contributed by atoms with Gasteiger partial charge in [-0.3, -0.25) is 0 Å². The van der Waals surface area contributed by atoms with Crippen LogP contribution in [0.2, 0.25) is 0 Å². The molecular weight excluding hydrogens is 1090 g/mol. The van der Waals surface area contributed by atoms with Gasteiger partial charge in [-0.15, -0.1) is 0 Å². The lowest BCUT2D eigenvalue weighted by Gasteiger charge is -2.14. The third-order valence-corrected chi connectivity index (χ3v) is 18.7. The van der Waals surface area contributed by atoms with Gasteiger partial charge in [0.15, 0.2) is 5.82 Å². The van der Waals surface area contributed by atoms with Crippen LogP contribution in [0.25, 0.3) is 177 Å². The molecule has 19 rings (SSSR count). The number of benzene rings is 14. The summed E-state index contributed by atoms with van der Waals surface area (Å²) in [5.74, 6) is 0.680. The van der Waals surface area contributed by atoms with Crippen LogP contribution in [0.3, 0.4) is 0 Å². The van der Waals surface area contributed by atoms with Gasteiger partial charge < -0.3 is 18.3 Å². The van der Waals surface area contributed by atoms with Gasteiger partial charge in [0, 0.05) is 87.7 Å². The maximum Gasteiger partial charge on any atom is 0.160 e. The number of rotatable bonds is 8. The van der Waals surface area contributed by atoms with Gasteiger partial charge in [0.1, 0.15) is 0 Å². The summed E-state index contributed by atoms with van der Waals surface area (Å²) in [6.45, 7) is 0. The molecule has 90 heavy (non-hydrogen) atoms. The molecule has 0 N–H and O–H groups in total. The average Bonchev–Trinajstić information content (AvgIpc) is 1.57. The van der Waals surface area contributed by atoms with E-state index in [1.54, 1.807) is 0 Å². The molecule has 6 nitrogen and oxygen atoms in total. The first-order valence-electron chi connectivity index (χ1n) is 30.8. The molecule has 0 spiro atoms. The lowest BCUT2D eigenvalue weighted by atomic mass is 10.0. The molecule has 0 saturated carbocycles. The number of fused-ring (bicyclic) bond motifs is 15. The van der Waals surface area contributed by atoms with Crippen LogP contribution in [0.5, 0.6) is 0 Å². The van der Waals surface area contributed by atoms with Crippen molar-refractivity contribution in [3.8, 4) is 67.6 Å². The van der Waals surface area contributed by atoms with Crippen molar-refractivity contribution in [2.24, 2.45) is 0 Å². The highest BCUT2D eigenvalue weighted by Gasteiger charge is 2.21. The van der Waals surface area contributed by atoms with Gasteiger partial charge in [-0.1, -0.05) is 176 Å². The van der Waals surface area contributed by atoms with Crippen LogP contribution >= 0.6 is 0 Å². The van der Waals surface area contributed by atoms with Crippen LogP contribution in [-0.4, -0.2) is 28.2 Å². The molecule has 0 bridgehead atoms. The smallest absolute Gasteiger partial charge is 0.160 e. The molecule has 0 amide bonds. The molecule has 6 heteroatoms. The SMILES string of the molecule is c1ccc(-c2nc(-c3ccc(-n4c5ccccc5c5cc(-c6ccc7c(c6)c6ccccc6n7-c6ccccc6)ccc54)cc3)nc3c2ccc2cc(-n4c5ccccc5c5cc(-c6ccc7c(c6)c6ccccc6n7-c6ccccc6)ccc54)ccc23)cc1. The summed E-state index contributed by atoms with van der Waals surface area (Å²) in [5.41, 5.74) is 22.5. The quantitative estimate of drug-likeness (QED) is 0.142. The molecule has 0 aliphatic rings. The van der Waals surface area contributed by atoms with E-state index in [0.717, 1.165) is 83.3 Å². The Bertz CT molecular complexity index is 6130. The number of hydrogen-bond acceptors (Lipinski definition) is 2. The van der Waals surface area contributed by atoms with Gasteiger partial charge in [-0.2, -0.15) is 0 Å². The Morgan fingerprint density at radius 2 is 0.522 bits per heavy atom. The molecule has 5 heterocycles. The molecule has 0 atom stereocenters. The largest absolute Gasteiger partial charge is 0.309 e. The van der Waals surface area contributed by atoms with Crippen LogP contribution in [0, 0.1) is 0 Å². The molecule has 0 radical (unpaired) electrons. The Morgan fingerprint density at radius 3 is 0.956 bits per heavy atom. The second kappa shape index (κ2) is 19.7. The topological polar surface area (TPSA) is 45.5 Å². The summed E-state index contributed by atoms with van der Waals surface area (Å²) in [6, 6.07) is 115. The Labute approximate surface area is 517 Å². The molecule has 0 unspecified atom stereocenters. The van der Waals surface area contributed by atoms with E-state index in [2.05, 4.69) is 334 Å². The van der Waals surface area contributed by atoms with E-state index in [0.29, 0.717) is 5.82 Å². The number of para-hydroxylation sites is 6. The van der Waals surface area contributed by atoms with E-state index in [4.69, 9.17) is 9.97 Å². The van der Waals surface area contributed by atoms with E-state index in [1.807, 2.05) is 0 Å². The van der Waals surface area contributed by atoms with Crippen LogP contribution in [0.4, 0.5) is 0 Å². The minimum absolute atomic E-state index is 0.680. The summed E-state index contributed by atoms with van der Waals surface area (Å²) >= 11 is 0. The maximum atomic E-state index is 5.50. The zero-order valence-corrected chi connectivity index (χ0v) is 48.7. The highest BCUT2D eigenvalue weighted by Crippen LogP contribution is 2.43. The molecular formula is C84H52N6. The van der Waals surface area contributed by atoms with E-state index in [9.17, 15) is 0 Å². The first-order chi connectivity index (χ1) is 44.6. The Hall–Kier alpha value is -12.1. The molecule has 5 aromatic heterocycles. The summed E-state index contributed by atoms with van der Waals surface area (Å²) in [7, 11) is 0. The standard InChI is InChI=1S/C84H52N6/c1-4-18-53(19-5-1)82-69-42-34-59-48-63(90-77-31-17-13-27-68(77)73-52-58(38-47-81(73)90)56-36-45-79-71(50-56)66-25-11-15-29-75(66)88(79)61-22-8-3-9-23-61)41-43-64(59)83(69)86-84(85-82)54-32-39-62(40-33-54)89-76-30-16-12-26-67(76)72-51-57(37-46-80(72)89)55-35-44-78-70(49-55)65-24-10-14-28-74(65)87(78)60-20-6-2-7-21-60/h1-52H. The van der Waals surface area contributed by atoms with Crippen LogP contribution in [0.1, 0.15) is 0 Å². The van der Waals surface area contributed by atoms with Crippen molar-refractivity contribution >= 4 is 109 Å². The molecule has 19 aromatic rings. The summed E-state index contributed by atoms with van der Waals surface area (Å²) in [5, 5.41) is 13.0. The van der Waals surface area contributed by atoms with Crippen molar-refractivity contribution in [3.05, 3.63) is 315 Å². The molecule has 0 aliphatic heterocycles. The fourth-order valence-electron chi connectivity index (χ4n) is 14.6. The fraction of sp³-hybridized carbons (Fsp3) is 0. The highest BCUT2D eigenvalue weighted by atomic mass is 15.0. The van der Waals surface area contributed by atoms with Crippen molar-refractivity contribution in [3.63, 3.8) is 0 Å². The second-order valence-electron chi connectivity index (χ2n) is 23.7. The lowest BCUT2D eigenvalue weighted by molar-refractivity contribution is 1.17. The van der Waals surface area contributed by atoms with E-state index < -0.39 is 0 Å². The fourth-order valence-corrected chi connectivity index (χ4v) is 14.6. The Balaban J connectivity index is 0.693. The average molecular weight is 1150 g/mol. The van der Waals surface area contributed by atoms with Gasteiger partial charge in [-0.25, -0.2) is 9.97 Å². The van der Waals surface area contributed by atoms with Crippen molar-refractivity contribution in [2.75, 3.05) is 0 Å². The van der Waals surface area contributed by atoms with Crippen molar-refractivity contribution in [1.82, 2.24) is 28.2 Å². The van der Waals surface area contributed by atoms with Crippen molar-refractivity contribution in [2.45, 2.75) is 0 Å². The molecule has 418 valence electrons. The molecule has 0 aliphatic carbocycles. The monoisotopic (exact) mass is 1140 g/mol. The number of nitrogens with zero attached hydrogens (tertiary/aromatic N) is 6. The minimum atomic E-state index is 0.680. The lowest BCUT2D eigenvalue weighted by Crippen LogP contribution is -1.98. The zero-order valence-electron chi connectivity index (χ0n) is 48.7. The Morgan fingerprint density at radius 1 is 0.189 bits per heavy atom. The van der Waals surface area contributed by atoms with Gasteiger partial charge in [0.2, 0.25) is 0 Å². The van der Waals surface area contributed by atoms with Gasteiger partial charge in [0.25, 0.3) is 0 Å². The first kappa shape index (κ1) is 50.1. The predicted octanol–water partition coefficient (Wildman–Crippen LogP) is 21.8. The zero-order chi connectivity index (χ0) is 59.0. The molecule has 0 fully saturated rings. The predicted molar refractivity (Wildman–Crippen MR) is 376 cm³/mol. The van der Waals surface area contributed by atoms with E-state index in [1.165, 1.54) is 87.4 Å². The summed E-state index contributed by atoms with van der Waals surface area (Å²) in [6.07, 6.45) is 0. The second-order valence-corrected chi connectivity index (χ2v) is 23.7. The molecule has 0 saturated heterocycles. The van der Waals surface area contributed by atoms with Gasteiger partial charge in [0.05, 0.1) is 55.3 Å². The van der Waals surface area contributed by atoms with E-state index in [-0.39, 0.29) is 0 Å². The molecule has 14 aromatic carbocycles. The van der Waals surface area contributed by atoms with Gasteiger partial charge >= 0.3 is 0 Å². The maximum absolute atomic E-state index is 5.50. The van der Waals surface area contributed by atoms with Crippen LogP contribution in [0.15, 0.2) is 315 Å². The first-order valence-corrected chi connectivity index (χ1v) is 30.8. The number of hydrogen-bond donors (Lipinski definition) is 0. The van der Waals surface area contributed by atoms with Gasteiger partial charge in [-0.05, 0) is 167 Å². The normalized spacial score (nSPS) is 12.0.